The number of hydrogen-bond acceptors (Lipinski definition) is 3. The van der Waals surface area contributed by atoms with Crippen LogP contribution in [-0.2, 0) is 28.9 Å². The van der Waals surface area contributed by atoms with Crippen LogP contribution in [0.25, 0.3) is 0 Å². The predicted molar refractivity (Wildman–Crippen MR) is 106 cm³/mol. The smallest absolute Gasteiger partial charge is 0.333 e. The van der Waals surface area contributed by atoms with Gasteiger partial charge in [0.1, 0.15) is 12.4 Å². The van der Waals surface area contributed by atoms with Crippen LogP contribution in [0.5, 0.6) is 5.75 Å². The minimum absolute atomic E-state index is 0.354. The normalized spacial score (nSPS) is 12.1. The van der Waals surface area contributed by atoms with E-state index in [0.717, 1.165) is 24.3 Å². The lowest BCUT2D eigenvalue weighted by atomic mass is 10.1. The van der Waals surface area contributed by atoms with Gasteiger partial charge in [0.15, 0.2) is 6.10 Å². The van der Waals surface area contributed by atoms with Crippen LogP contribution < -0.4 is 4.74 Å². The fraction of sp³-hybridized carbons (Fsp3) is 0.500. The Kier molecular flexibility index (Phi) is 8.40. The van der Waals surface area contributed by atoms with E-state index in [-0.39, 0.29) is 0 Å². The Bertz CT molecular complexity index is 706. The van der Waals surface area contributed by atoms with Gasteiger partial charge in [0.25, 0.3) is 0 Å². The van der Waals surface area contributed by atoms with Crippen LogP contribution in [0.3, 0.4) is 0 Å². The first-order valence-electron chi connectivity index (χ1n) is 9.76. The molecule has 0 amide bonds. The summed E-state index contributed by atoms with van der Waals surface area (Å²) in [5.74, 6) is -0.139. The van der Waals surface area contributed by atoms with Crippen LogP contribution in [0.4, 0.5) is 0 Å². The molecule has 0 aliphatic heterocycles. The summed E-state index contributed by atoms with van der Waals surface area (Å²) in [5, 5.41) is 9.17. The standard InChI is InChI=1S/C22H31NO4/c1-4-6-7-19-11-8-17(3)23(19)14-15-27-20-12-9-18(10-13-20)16-21(22(24)25)26-5-2/h8-13,21H,4-7,14-16H2,1-3H3,(H,24,25). The topological polar surface area (TPSA) is 60.7 Å². The van der Waals surface area contributed by atoms with Crippen LogP contribution in [0.1, 0.15) is 43.6 Å². The molecule has 0 aliphatic carbocycles. The molecule has 0 aliphatic rings. The number of carboxylic acid groups (broad SMARTS) is 1. The molecular weight excluding hydrogens is 342 g/mol. The third-order valence-electron chi connectivity index (χ3n) is 4.65. The van der Waals surface area contributed by atoms with Gasteiger partial charge in [-0.25, -0.2) is 4.79 Å². The van der Waals surface area contributed by atoms with Crippen LogP contribution in [0.2, 0.25) is 0 Å². The second kappa shape index (κ2) is 10.8. The molecule has 1 N–H and O–H groups in total. The summed E-state index contributed by atoms with van der Waals surface area (Å²) in [6.45, 7) is 7.95. The zero-order valence-corrected chi connectivity index (χ0v) is 16.6. The third kappa shape index (κ3) is 6.43. The molecule has 1 aromatic heterocycles. The van der Waals surface area contributed by atoms with Crippen LogP contribution in [-0.4, -0.2) is 35.0 Å². The molecule has 1 aromatic carbocycles. The lowest BCUT2D eigenvalue weighted by Gasteiger charge is -2.14. The van der Waals surface area contributed by atoms with E-state index in [9.17, 15) is 9.90 Å². The van der Waals surface area contributed by atoms with E-state index in [1.807, 2.05) is 24.3 Å². The van der Waals surface area contributed by atoms with Gasteiger partial charge in [0.2, 0.25) is 0 Å². The van der Waals surface area contributed by atoms with Gasteiger partial charge in [-0.05, 0) is 56.5 Å². The number of unbranched alkanes of at least 4 members (excludes halogenated alkanes) is 1. The van der Waals surface area contributed by atoms with Crippen LogP contribution in [0.15, 0.2) is 36.4 Å². The first-order valence-corrected chi connectivity index (χ1v) is 9.76. The van der Waals surface area contributed by atoms with Gasteiger partial charge >= 0.3 is 5.97 Å². The van der Waals surface area contributed by atoms with Gasteiger partial charge in [-0.3, -0.25) is 0 Å². The Morgan fingerprint density at radius 1 is 1.15 bits per heavy atom. The molecular formula is C22H31NO4. The number of benzene rings is 1. The summed E-state index contributed by atoms with van der Waals surface area (Å²) in [7, 11) is 0. The quantitative estimate of drug-likeness (QED) is 0.604. The summed E-state index contributed by atoms with van der Waals surface area (Å²) < 4.78 is 13.5. The number of ether oxygens (including phenoxy) is 2. The summed E-state index contributed by atoms with van der Waals surface area (Å²) in [6.07, 6.45) is 3.04. The van der Waals surface area contributed by atoms with E-state index in [0.29, 0.717) is 19.6 Å². The first-order chi connectivity index (χ1) is 13.0. The van der Waals surface area contributed by atoms with Gasteiger partial charge in [0.05, 0.1) is 6.54 Å². The Hall–Kier alpha value is -2.27. The molecule has 1 unspecified atom stereocenters. The monoisotopic (exact) mass is 373 g/mol. The van der Waals surface area contributed by atoms with E-state index in [1.165, 1.54) is 24.2 Å². The van der Waals surface area contributed by atoms with Crippen molar-refractivity contribution in [1.29, 1.82) is 0 Å². The number of carbonyl (C=O) groups is 1. The van der Waals surface area contributed by atoms with E-state index in [2.05, 4.69) is 30.5 Å². The summed E-state index contributed by atoms with van der Waals surface area (Å²) >= 11 is 0. The SMILES string of the molecule is CCCCc1ccc(C)n1CCOc1ccc(CC(OCC)C(=O)O)cc1. The summed E-state index contributed by atoms with van der Waals surface area (Å²) in [5.41, 5.74) is 3.55. The molecule has 0 bridgehead atoms. The second-order valence-corrected chi connectivity index (χ2v) is 6.70. The molecule has 2 rings (SSSR count). The van der Waals surface area contributed by atoms with E-state index in [1.54, 1.807) is 6.92 Å². The summed E-state index contributed by atoms with van der Waals surface area (Å²) in [6, 6.07) is 11.9. The lowest BCUT2D eigenvalue weighted by molar-refractivity contribution is -0.149. The zero-order chi connectivity index (χ0) is 19.6. The average molecular weight is 373 g/mol. The summed E-state index contributed by atoms with van der Waals surface area (Å²) in [4.78, 5) is 11.2. The highest BCUT2D eigenvalue weighted by molar-refractivity contribution is 5.72. The number of aliphatic carboxylic acids is 1. The van der Waals surface area contributed by atoms with Gasteiger partial charge in [0, 0.05) is 24.4 Å². The van der Waals surface area contributed by atoms with Gasteiger partial charge in [-0.15, -0.1) is 0 Å². The Morgan fingerprint density at radius 3 is 2.52 bits per heavy atom. The number of aromatic nitrogens is 1. The first kappa shape index (κ1) is 21.0. The highest BCUT2D eigenvalue weighted by atomic mass is 16.5. The van der Waals surface area contributed by atoms with Gasteiger partial charge < -0.3 is 19.1 Å². The lowest BCUT2D eigenvalue weighted by Crippen LogP contribution is -2.26. The highest BCUT2D eigenvalue weighted by Crippen LogP contribution is 2.16. The minimum Gasteiger partial charge on any atom is -0.492 e. The molecule has 0 saturated carbocycles. The van der Waals surface area contributed by atoms with E-state index in [4.69, 9.17) is 9.47 Å². The number of nitrogens with zero attached hydrogens (tertiary/aromatic N) is 1. The molecule has 2 aromatic rings. The predicted octanol–water partition coefficient (Wildman–Crippen LogP) is 4.25. The van der Waals surface area contributed by atoms with Gasteiger partial charge in [-0.1, -0.05) is 25.5 Å². The Balaban J connectivity index is 1.87. The van der Waals surface area contributed by atoms with Crippen molar-refractivity contribution in [1.82, 2.24) is 4.57 Å². The molecule has 0 radical (unpaired) electrons. The van der Waals surface area contributed by atoms with Crippen molar-refractivity contribution in [3.8, 4) is 5.75 Å². The van der Waals surface area contributed by atoms with Crippen LogP contribution in [0, 0.1) is 6.92 Å². The zero-order valence-electron chi connectivity index (χ0n) is 16.6. The van der Waals surface area contributed by atoms with Crippen molar-refractivity contribution in [3.63, 3.8) is 0 Å². The Labute approximate surface area is 161 Å². The van der Waals surface area contributed by atoms with Crippen molar-refractivity contribution >= 4 is 5.97 Å². The molecule has 0 fully saturated rings. The van der Waals surface area contributed by atoms with Crippen molar-refractivity contribution < 1.29 is 19.4 Å². The maximum Gasteiger partial charge on any atom is 0.333 e. The molecule has 1 heterocycles. The fourth-order valence-electron chi connectivity index (χ4n) is 3.13. The van der Waals surface area contributed by atoms with Crippen molar-refractivity contribution in [2.45, 2.75) is 59.1 Å². The molecule has 27 heavy (non-hydrogen) atoms. The molecule has 0 saturated heterocycles. The molecule has 5 nitrogen and oxygen atoms in total. The second-order valence-electron chi connectivity index (χ2n) is 6.70. The van der Waals surface area contributed by atoms with Crippen molar-refractivity contribution in [3.05, 3.63) is 53.3 Å². The minimum atomic E-state index is -0.932. The van der Waals surface area contributed by atoms with E-state index < -0.39 is 12.1 Å². The Morgan fingerprint density at radius 2 is 1.89 bits per heavy atom. The number of hydrogen-bond donors (Lipinski definition) is 1. The maximum atomic E-state index is 11.2. The third-order valence-corrected chi connectivity index (χ3v) is 4.65. The maximum absolute atomic E-state index is 11.2. The number of rotatable bonds is 12. The molecule has 1 atom stereocenters. The molecule has 148 valence electrons. The largest absolute Gasteiger partial charge is 0.492 e. The van der Waals surface area contributed by atoms with Crippen molar-refractivity contribution in [2.24, 2.45) is 0 Å². The highest BCUT2D eigenvalue weighted by Gasteiger charge is 2.17. The number of aryl methyl sites for hydroxylation is 2. The van der Waals surface area contributed by atoms with Crippen molar-refractivity contribution in [2.75, 3.05) is 13.2 Å². The molecule has 0 spiro atoms. The van der Waals surface area contributed by atoms with Gasteiger partial charge in [-0.2, -0.15) is 0 Å². The van der Waals surface area contributed by atoms with Crippen LogP contribution >= 0.6 is 0 Å². The fourth-order valence-corrected chi connectivity index (χ4v) is 3.13. The number of carboxylic acids is 1. The average Bonchev–Trinajstić information content (AvgIpc) is 3.01. The molecule has 5 heteroatoms. The van der Waals surface area contributed by atoms with E-state index >= 15 is 0 Å².